The highest BCUT2D eigenvalue weighted by Gasteiger charge is 2.58. The van der Waals surface area contributed by atoms with Crippen LogP contribution in [0.3, 0.4) is 0 Å². The van der Waals surface area contributed by atoms with Crippen molar-refractivity contribution in [3.8, 4) is 0 Å². The fourth-order valence-electron chi connectivity index (χ4n) is 1.99. The van der Waals surface area contributed by atoms with Crippen molar-refractivity contribution in [2.75, 3.05) is 0 Å². The molecule has 2 fully saturated rings. The Morgan fingerprint density at radius 2 is 2.27 bits per heavy atom. The number of carbonyl (C=O) groups is 1. The number of ketones is 1. The zero-order chi connectivity index (χ0) is 8.22. The van der Waals surface area contributed by atoms with Gasteiger partial charge in [0.1, 0.15) is 6.10 Å². The second kappa shape index (κ2) is 1.99. The number of carbonyl (C=O) groups excluding carboxylic acids is 1. The van der Waals surface area contributed by atoms with Crippen molar-refractivity contribution in [3.63, 3.8) is 0 Å². The molecule has 0 aliphatic carbocycles. The molecule has 0 unspecified atom stereocenters. The van der Waals surface area contributed by atoms with E-state index in [0.717, 1.165) is 0 Å². The van der Waals surface area contributed by atoms with Gasteiger partial charge >= 0.3 is 0 Å². The van der Waals surface area contributed by atoms with Gasteiger partial charge in [0.2, 0.25) is 0 Å². The number of halogens is 1. The maximum absolute atomic E-state index is 11.5. The average molecular weight is 175 g/mol. The molecule has 2 bridgehead atoms. The molecule has 2 aliphatic rings. The Balaban J connectivity index is 2.34. The molecule has 0 spiro atoms. The minimum absolute atomic E-state index is 0.0349. The van der Waals surface area contributed by atoms with Crippen LogP contribution in [0.15, 0.2) is 0 Å². The van der Waals surface area contributed by atoms with Gasteiger partial charge in [-0.15, -0.1) is 11.6 Å². The number of hydrogen-bond acceptors (Lipinski definition) is 2. The Hall–Kier alpha value is -0.0800. The highest BCUT2D eigenvalue weighted by atomic mass is 35.5. The monoisotopic (exact) mass is 174 g/mol. The Morgan fingerprint density at radius 1 is 1.64 bits per heavy atom. The Morgan fingerprint density at radius 3 is 2.64 bits per heavy atom. The Kier molecular flexibility index (Phi) is 1.37. The maximum Gasteiger partial charge on any atom is 0.169 e. The highest BCUT2D eigenvalue weighted by molar-refractivity contribution is 6.22. The molecule has 2 aliphatic heterocycles. The van der Waals surface area contributed by atoms with Gasteiger partial charge in [0.05, 0.1) is 16.9 Å². The van der Waals surface area contributed by atoms with Crippen molar-refractivity contribution < 1.29 is 9.53 Å². The fourth-order valence-corrected chi connectivity index (χ4v) is 2.53. The van der Waals surface area contributed by atoms with Crippen molar-refractivity contribution in [3.05, 3.63) is 0 Å². The zero-order valence-corrected chi connectivity index (χ0v) is 7.39. The van der Waals surface area contributed by atoms with Crippen molar-refractivity contribution >= 4 is 17.4 Å². The van der Waals surface area contributed by atoms with Crippen LogP contribution >= 0.6 is 11.6 Å². The van der Waals surface area contributed by atoms with E-state index in [1.807, 2.05) is 13.8 Å². The number of Topliss-reactive ketones (excluding diaryl/α,β-unsaturated/α-hetero) is 1. The summed E-state index contributed by atoms with van der Waals surface area (Å²) in [6, 6.07) is 0. The fraction of sp³-hybridized carbons (Fsp3) is 0.875. The first-order valence-electron chi connectivity index (χ1n) is 3.87. The van der Waals surface area contributed by atoms with Crippen molar-refractivity contribution in [1.29, 1.82) is 0 Å². The van der Waals surface area contributed by atoms with Gasteiger partial charge in [0.15, 0.2) is 5.78 Å². The molecule has 2 saturated heterocycles. The first kappa shape index (κ1) is 7.56. The second-order valence-electron chi connectivity index (χ2n) is 3.88. The molecule has 0 saturated carbocycles. The molecule has 0 aromatic heterocycles. The smallest absolute Gasteiger partial charge is 0.169 e. The molecule has 11 heavy (non-hydrogen) atoms. The maximum atomic E-state index is 11.5. The van der Waals surface area contributed by atoms with Gasteiger partial charge < -0.3 is 4.74 Å². The Labute approximate surface area is 70.9 Å². The van der Waals surface area contributed by atoms with Gasteiger partial charge in [-0.2, -0.15) is 0 Å². The summed E-state index contributed by atoms with van der Waals surface area (Å²) in [6.07, 6.45) is 0.438. The SMILES string of the molecule is CC1(C)C(=O)[C@H]2C[C@@H](Cl)[C@@H]1O2. The number of fused-ring (bicyclic) bond motifs is 2. The molecule has 2 rings (SSSR count). The van der Waals surface area contributed by atoms with Gasteiger partial charge in [-0.1, -0.05) is 13.8 Å². The number of hydrogen-bond donors (Lipinski definition) is 0. The van der Waals surface area contributed by atoms with Crippen molar-refractivity contribution in [1.82, 2.24) is 0 Å². The van der Waals surface area contributed by atoms with Crippen LogP contribution in [0.4, 0.5) is 0 Å². The lowest BCUT2D eigenvalue weighted by Crippen LogP contribution is -2.41. The number of alkyl halides is 1. The van der Waals surface area contributed by atoms with E-state index < -0.39 is 0 Å². The van der Waals surface area contributed by atoms with Gasteiger partial charge in [-0.3, -0.25) is 4.79 Å². The summed E-state index contributed by atoms with van der Waals surface area (Å²) >= 11 is 5.98. The van der Waals surface area contributed by atoms with E-state index in [9.17, 15) is 4.79 Å². The van der Waals surface area contributed by atoms with E-state index in [-0.39, 0.29) is 28.8 Å². The molecule has 0 N–H and O–H groups in total. The predicted octanol–water partition coefficient (Wildman–Crippen LogP) is 1.36. The molecule has 2 nitrogen and oxygen atoms in total. The molecule has 0 aromatic rings. The first-order chi connectivity index (χ1) is 5.03. The lowest BCUT2D eigenvalue weighted by Gasteiger charge is -2.27. The van der Waals surface area contributed by atoms with Crippen LogP contribution in [0.2, 0.25) is 0 Å². The molecular formula is C8H11ClO2. The lowest BCUT2D eigenvalue weighted by atomic mass is 9.76. The van der Waals surface area contributed by atoms with Crippen LogP contribution in [-0.4, -0.2) is 23.4 Å². The van der Waals surface area contributed by atoms with Crippen LogP contribution in [0.25, 0.3) is 0 Å². The molecule has 3 heteroatoms. The third kappa shape index (κ3) is 0.798. The summed E-state index contributed by atoms with van der Waals surface area (Å²) in [4.78, 5) is 11.5. The molecule has 2 heterocycles. The van der Waals surface area contributed by atoms with Gasteiger partial charge in [0, 0.05) is 0 Å². The van der Waals surface area contributed by atoms with Gasteiger partial charge in [0.25, 0.3) is 0 Å². The second-order valence-corrected chi connectivity index (χ2v) is 4.44. The molecule has 0 aromatic carbocycles. The summed E-state index contributed by atoms with van der Waals surface area (Å²) in [5.41, 5.74) is -0.352. The van der Waals surface area contributed by atoms with Crippen molar-refractivity contribution in [2.45, 2.75) is 37.9 Å². The number of rotatable bonds is 0. The van der Waals surface area contributed by atoms with E-state index in [1.165, 1.54) is 0 Å². The van der Waals surface area contributed by atoms with Gasteiger partial charge in [-0.05, 0) is 6.42 Å². The third-order valence-electron chi connectivity index (χ3n) is 2.72. The predicted molar refractivity (Wildman–Crippen MR) is 41.7 cm³/mol. The van der Waals surface area contributed by atoms with E-state index >= 15 is 0 Å². The summed E-state index contributed by atoms with van der Waals surface area (Å²) in [6.45, 7) is 3.82. The standard InChI is InChI=1S/C8H11ClO2/c1-8(2)6(10)5-3-4(9)7(8)11-5/h4-5,7H,3H2,1-2H3/t4-,5-,7+/m1/s1. The largest absolute Gasteiger partial charge is 0.365 e. The molecular weight excluding hydrogens is 164 g/mol. The highest BCUT2D eigenvalue weighted by Crippen LogP contribution is 2.46. The van der Waals surface area contributed by atoms with E-state index in [1.54, 1.807) is 0 Å². The van der Waals surface area contributed by atoms with Gasteiger partial charge in [-0.25, -0.2) is 0 Å². The lowest BCUT2D eigenvalue weighted by molar-refractivity contribution is -0.127. The van der Waals surface area contributed by atoms with E-state index in [2.05, 4.69) is 0 Å². The molecule has 62 valence electrons. The third-order valence-corrected chi connectivity index (χ3v) is 3.12. The quantitative estimate of drug-likeness (QED) is 0.519. The van der Waals surface area contributed by atoms with Crippen molar-refractivity contribution in [2.24, 2.45) is 5.41 Å². The van der Waals surface area contributed by atoms with E-state index in [0.29, 0.717) is 6.42 Å². The van der Waals surface area contributed by atoms with Crippen LogP contribution in [-0.2, 0) is 9.53 Å². The topological polar surface area (TPSA) is 26.3 Å². The normalized spacial score (nSPS) is 46.8. The summed E-state index contributed by atoms with van der Waals surface area (Å²) < 4.78 is 5.43. The Bertz CT molecular complexity index is 212. The summed E-state index contributed by atoms with van der Waals surface area (Å²) in [5, 5.41) is 0.0349. The summed E-state index contributed by atoms with van der Waals surface area (Å²) in [5.74, 6) is 0.222. The zero-order valence-electron chi connectivity index (χ0n) is 6.63. The van der Waals surface area contributed by atoms with Crippen LogP contribution in [0, 0.1) is 5.41 Å². The number of ether oxygens (including phenoxy) is 1. The van der Waals surface area contributed by atoms with Crippen LogP contribution < -0.4 is 0 Å². The van der Waals surface area contributed by atoms with Crippen LogP contribution in [0.5, 0.6) is 0 Å². The molecule has 0 amide bonds. The minimum atomic E-state index is -0.352. The van der Waals surface area contributed by atoms with E-state index in [4.69, 9.17) is 16.3 Å². The summed E-state index contributed by atoms with van der Waals surface area (Å²) in [7, 11) is 0. The van der Waals surface area contributed by atoms with Crippen LogP contribution in [0.1, 0.15) is 20.3 Å². The molecule has 0 radical (unpaired) electrons. The average Bonchev–Trinajstić information content (AvgIpc) is 2.35. The minimum Gasteiger partial charge on any atom is -0.365 e. The first-order valence-corrected chi connectivity index (χ1v) is 4.31. The molecule has 3 atom stereocenters.